The number of nitrogens with zero attached hydrogens (tertiary/aromatic N) is 3. The number of aryl methyl sites for hydroxylation is 2. The van der Waals surface area contributed by atoms with Gasteiger partial charge in [0.1, 0.15) is 24.0 Å². The maximum Gasteiger partial charge on any atom is 0.514 e. The topological polar surface area (TPSA) is 112 Å². The largest absolute Gasteiger partial charge is 0.514 e. The van der Waals surface area contributed by atoms with Crippen LogP contribution in [0.4, 0.5) is 4.79 Å². The molecule has 0 unspecified atom stereocenters. The minimum atomic E-state index is -0.787. The Kier molecular flexibility index (Phi) is 5.78. The van der Waals surface area contributed by atoms with Gasteiger partial charge >= 0.3 is 6.16 Å². The lowest BCUT2D eigenvalue weighted by atomic mass is 10.1. The number of carbonyl (C=O) groups excluding carboxylic acids is 1. The Balaban J connectivity index is 1.79. The summed E-state index contributed by atoms with van der Waals surface area (Å²) in [6, 6.07) is 7.64. The molecule has 2 aromatic heterocycles. The summed E-state index contributed by atoms with van der Waals surface area (Å²) in [5, 5.41) is 10.4. The molecule has 0 bridgehead atoms. The summed E-state index contributed by atoms with van der Waals surface area (Å²) in [5.74, 6) is 0.823. The van der Waals surface area contributed by atoms with E-state index in [0.29, 0.717) is 46.1 Å². The van der Waals surface area contributed by atoms with Gasteiger partial charge in [-0.15, -0.1) is 0 Å². The van der Waals surface area contributed by atoms with Gasteiger partial charge in [-0.2, -0.15) is 10.2 Å². The molecule has 8 nitrogen and oxygen atoms in total. The summed E-state index contributed by atoms with van der Waals surface area (Å²) in [6.45, 7) is 11.4. The Morgan fingerprint density at radius 2 is 1.97 bits per heavy atom. The van der Waals surface area contributed by atoms with E-state index < -0.39 is 11.8 Å². The van der Waals surface area contributed by atoms with Gasteiger partial charge < -0.3 is 19.9 Å². The van der Waals surface area contributed by atoms with Crippen molar-refractivity contribution in [1.29, 1.82) is 5.26 Å². The second kappa shape index (κ2) is 8.33. The molecule has 1 aliphatic carbocycles. The predicted octanol–water partition coefficient (Wildman–Crippen LogP) is 4.81. The number of benzene rings is 1. The van der Waals surface area contributed by atoms with Gasteiger partial charge in [-0.25, -0.2) is 4.79 Å². The molecule has 0 aliphatic heterocycles. The molecule has 2 heterocycles. The molecule has 0 atom stereocenters. The first-order valence-electron chi connectivity index (χ1n) is 11.2. The summed E-state index contributed by atoms with van der Waals surface area (Å²) in [7, 11) is 0. The zero-order chi connectivity index (χ0) is 24.8. The molecule has 3 aromatic rings. The molecule has 1 saturated carbocycles. The number of fused-ring (bicyclic) bond motifs is 1. The van der Waals surface area contributed by atoms with Crippen LogP contribution in [-0.2, 0) is 4.74 Å². The smallest absolute Gasteiger partial charge is 0.475 e. The number of nitriles is 1. The monoisotopic (exact) mass is 461 g/mol. The number of nitrogens with two attached hydrogens (primary N) is 1. The number of ether oxygens (including phenoxy) is 3. The first-order valence-corrected chi connectivity index (χ1v) is 11.2. The fourth-order valence-corrected chi connectivity index (χ4v) is 3.71. The third kappa shape index (κ3) is 4.70. The summed E-state index contributed by atoms with van der Waals surface area (Å²) in [4.78, 5) is 17.0. The standard InChI is InChI=1S/C26H29N4O4/c1-15-7-8-20(33-24(31)34-25(4,5)6)17(3)21(15)30-13-18(12-27)19-11-16(2)23(29-22(19)30)32-14-26(28)9-10-26/h7-8,11H,9-10,14,28H2,1-6H3. The lowest BCUT2D eigenvalue weighted by Crippen LogP contribution is -2.30. The number of aromatic nitrogens is 2. The molecule has 177 valence electrons. The summed E-state index contributed by atoms with van der Waals surface area (Å²) in [6.07, 6.45) is 4.21. The second-order valence-electron chi connectivity index (χ2n) is 9.99. The van der Waals surface area contributed by atoms with Gasteiger partial charge in [-0.3, -0.25) is 4.57 Å². The van der Waals surface area contributed by atoms with Crippen LogP contribution in [0.1, 0.15) is 55.9 Å². The molecule has 1 fully saturated rings. The van der Waals surface area contributed by atoms with Crippen molar-refractivity contribution >= 4 is 17.2 Å². The van der Waals surface area contributed by atoms with Crippen LogP contribution in [-0.4, -0.2) is 33.5 Å². The van der Waals surface area contributed by atoms with Crippen molar-refractivity contribution in [1.82, 2.24) is 9.55 Å². The van der Waals surface area contributed by atoms with Crippen molar-refractivity contribution in [3.05, 3.63) is 46.6 Å². The molecule has 4 rings (SSSR count). The second-order valence-corrected chi connectivity index (χ2v) is 9.99. The van der Waals surface area contributed by atoms with Gasteiger partial charge in [-0.05, 0) is 72.1 Å². The van der Waals surface area contributed by atoms with Crippen LogP contribution < -0.4 is 15.2 Å². The van der Waals surface area contributed by atoms with Crippen molar-refractivity contribution in [2.75, 3.05) is 6.61 Å². The van der Waals surface area contributed by atoms with E-state index in [-0.39, 0.29) is 5.54 Å². The van der Waals surface area contributed by atoms with E-state index in [2.05, 4.69) is 12.3 Å². The van der Waals surface area contributed by atoms with Gasteiger partial charge in [-0.1, -0.05) is 6.07 Å². The minimum Gasteiger partial charge on any atom is -0.475 e. The molecule has 0 amide bonds. The zero-order valence-corrected chi connectivity index (χ0v) is 20.4. The highest BCUT2D eigenvalue weighted by Crippen LogP contribution is 2.35. The molecular weight excluding hydrogens is 432 g/mol. The third-order valence-corrected chi connectivity index (χ3v) is 5.74. The summed E-state index contributed by atoms with van der Waals surface area (Å²) < 4.78 is 18.5. The number of carbonyl (C=O) groups is 1. The van der Waals surface area contributed by atoms with Crippen molar-refractivity contribution in [2.45, 2.75) is 65.5 Å². The number of hydrogen-bond donors (Lipinski definition) is 1. The Morgan fingerprint density at radius 3 is 2.59 bits per heavy atom. The zero-order valence-electron chi connectivity index (χ0n) is 20.4. The maximum absolute atomic E-state index is 12.3. The number of hydrogen-bond acceptors (Lipinski definition) is 7. The Bertz CT molecular complexity index is 1320. The van der Waals surface area contributed by atoms with E-state index in [1.165, 1.54) is 0 Å². The van der Waals surface area contributed by atoms with Crippen LogP contribution in [0.2, 0.25) is 0 Å². The van der Waals surface area contributed by atoms with Gasteiger partial charge in [0.05, 0.1) is 23.0 Å². The van der Waals surface area contributed by atoms with Crippen LogP contribution in [0.5, 0.6) is 11.6 Å². The Morgan fingerprint density at radius 1 is 1.26 bits per heavy atom. The molecule has 1 radical (unpaired) electrons. The van der Waals surface area contributed by atoms with Crippen molar-refractivity contribution in [2.24, 2.45) is 5.73 Å². The van der Waals surface area contributed by atoms with Crippen LogP contribution >= 0.6 is 0 Å². The Labute approximate surface area is 199 Å². The third-order valence-electron chi connectivity index (χ3n) is 5.74. The van der Waals surface area contributed by atoms with Crippen LogP contribution in [0.3, 0.4) is 0 Å². The van der Waals surface area contributed by atoms with Crippen LogP contribution in [0.25, 0.3) is 16.7 Å². The highest BCUT2D eigenvalue weighted by Gasteiger charge is 2.39. The molecule has 1 aromatic carbocycles. The van der Waals surface area contributed by atoms with E-state index in [1.54, 1.807) is 31.4 Å². The highest BCUT2D eigenvalue weighted by molar-refractivity contribution is 5.86. The quantitative estimate of drug-likeness (QED) is 0.429. The first kappa shape index (κ1) is 23.6. The average Bonchev–Trinajstić information content (AvgIpc) is 3.38. The van der Waals surface area contributed by atoms with Gasteiger partial charge in [0.2, 0.25) is 5.88 Å². The molecule has 2 N–H and O–H groups in total. The molecular formula is C26H29N4O4. The van der Waals surface area contributed by atoms with E-state index >= 15 is 0 Å². The maximum atomic E-state index is 12.3. The van der Waals surface area contributed by atoms with E-state index in [9.17, 15) is 10.1 Å². The van der Waals surface area contributed by atoms with Crippen LogP contribution in [0.15, 0.2) is 18.2 Å². The van der Waals surface area contributed by atoms with Gasteiger partial charge in [0.15, 0.2) is 5.65 Å². The summed E-state index contributed by atoms with van der Waals surface area (Å²) >= 11 is 0. The fraction of sp³-hybridized carbons (Fsp3) is 0.423. The SMILES string of the molecule is Cc1cc2c(C#N)[c]n(-c3c(C)ccc(OC(=O)OC(C)(C)C)c3C)c2nc1OCC1(N)CC1. The summed E-state index contributed by atoms with van der Waals surface area (Å²) in [5.41, 5.74) is 9.23. The van der Waals surface area contributed by atoms with Crippen molar-refractivity contribution in [3.8, 4) is 23.4 Å². The van der Waals surface area contributed by atoms with Gasteiger partial charge in [0, 0.05) is 16.5 Å². The van der Waals surface area contributed by atoms with Crippen LogP contribution in [0, 0.1) is 38.3 Å². The Hall–Kier alpha value is -3.57. The molecule has 1 aliphatic rings. The van der Waals surface area contributed by atoms with Crippen molar-refractivity contribution < 1.29 is 19.0 Å². The van der Waals surface area contributed by atoms with E-state index in [4.69, 9.17) is 24.9 Å². The highest BCUT2D eigenvalue weighted by atomic mass is 16.7. The lowest BCUT2D eigenvalue weighted by Gasteiger charge is -2.20. The fourth-order valence-electron chi connectivity index (χ4n) is 3.71. The minimum absolute atomic E-state index is 0.282. The number of rotatable bonds is 5. The lowest BCUT2D eigenvalue weighted by molar-refractivity contribution is 0.0205. The van der Waals surface area contributed by atoms with E-state index in [1.807, 2.05) is 32.9 Å². The van der Waals surface area contributed by atoms with Gasteiger partial charge in [0.25, 0.3) is 0 Å². The molecule has 0 spiro atoms. The molecule has 0 saturated heterocycles. The van der Waals surface area contributed by atoms with Crippen molar-refractivity contribution in [3.63, 3.8) is 0 Å². The number of pyridine rings is 1. The molecule has 8 heteroatoms. The van der Waals surface area contributed by atoms with E-state index in [0.717, 1.165) is 24.0 Å². The average molecular weight is 462 g/mol. The normalized spacial score (nSPS) is 14.5. The first-order chi connectivity index (χ1) is 15.9. The molecule has 34 heavy (non-hydrogen) atoms. The predicted molar refractivity (Wildman–Crippen MR) is 127 cm³/mol.